The van der Waals surface area contributed by atoms with Gasteiger partial charge in [-0.3, -0.25) is 0 Å². The number of fused-ring (bicyclic) bond motifs is 1. The molecule has 28 heavy (non-hydrogen) atoms. The van der Waals surface area contributed by atoms with Crippen LogP contribution in [-0.4, -0.2) is 40.6 Å². The van der Waals surface area contributed by atoms with Crippen LogP contribution in [0.5, 0.6) is 23.0 Å². The fourth-order valence-corrected chi connectivity index (χ4v) is 3.36. The molecule has 2 aromatic carbocycles. The second-order valence-electron chi connectivity index (χ2n) is 6.05. The summed E-state index contributed by atoms with van der Waals surface area (Å²) in [4.78, 5) is 0. The molecule has 8 heteroatoms. The van der Waals surface area contributed by atoms with Crippen molar-refractivity contribution in [2.24, 2.45) is 0 Å². The number of rotatable bonds is 9. The van der Waals surface area contributed by atoms with E-state index in [1.54, 1.807) is 14.2 Å². The van der Waals surface area contributed by atoms with Crippen molar-refractivity contribution in [3.8, 4) is 23.0 Å². The Morgan fingerprint density at radius 3 is 2.57 bits per heavy atom. The predicted molar refractivity (Wildman–Crippen MR) is 113 cm³/mol. The minimum absolute atomic E-state index is 0. The first-order valence-corrected chi connectivity index (χ1v) is 9.58. The number of hydrogen-bond acceptors (Lipinski definition) is 6. The fourth-order valence-electron chi connectivity index (χ4n) is 2.76. The van der Waals surface area contributed by atoms with Crippen molar-refractivity contribution < 1.29 is 23.7 Å². The summed E-state index contributed by atoms with van der Waals surface area (Å²) in [5, 5.41) is 3.32. The van der Waals surface area contributed by atoms with Gasteiger partial charge in [0.25, 0.3) is 0 Å². The molecule has 3 rings (SSSR count). The zero-order valence-corrected chi connectivity index (χ0v) is 18.4. The van der Waals surface area contributed by atoms with Crippen molar-refractivity contribution in [1.29, 1.82) is 0 Å². The van der Waals surface area contributed by atoms with Gasteiger partial charge in [0, 0.05) is 20.2 Å². The predicted octanol–water partition coefficient (Wildman–Crippen LogP) is 3.97. The molecular formula is C20H25BrClNO5. The number of ether oxygens (including phenoxy) is 5. The van der Waals surface area contributed by atoms with Crippen molar-refractivity contribution in [3.63, 3.8) is 0 Å². The van der Waals surface area contributed by atoms with Crippen molar-refractivity contribution in [3.05, 3.63) is 45.9 Å². The van der Waals surface area contributed by atoms with E-state index >= 15 is 0 Å². The van der Waals surface area contributed by atoms with Gasteiger partial charge < -0.3 is 29.0 Å². The lowest BCUT2D eigenvalue weighted by molar-refractivity contribution is 0.171. The third kappa shape index (κ3) is 5.91. The number of halogens is 2. The first-order valence-electron chi connectivity index (χ1n) is 8.78. The minimum Gasteiger partial charge on any atom is -0.493 e. The first kappa shape index (κ1) is 22.6. The summed E-state index contributed by atoms with van der Waals surface area (Å²) in [5.41, 5.74) is 2.10. The molecule has 1 heterocycles. The van der Waals surface area contributed by atoms with Crippen molar-refractivity contribution in [1.82, 2.24) is 5.32 Å². The minimum atomic E-state index is 0. The monoisotopic (exact) mass is 473 g/mol. The van der Waals surface area contributed by atoms with Gasteiger partial charge in [0.05, 0.1) is 18.2 Å². The van der Waals surface area contributed by atoms with E-state index < -0.39 is 0 Å². The lowest BCUT2D eigenvalue weighted by atomic mass is 10.2. The van der Waals surface area contributed by atoms with E-state index in [0.29, 0.717) is 37.9 Å². The van der Waals surface area contributed by atoms with Gasteiger partial charge in [-0.15, -0.1) is 12.4 Å². The topological polar surface area (TPSA) is 58.2 Å². The Kier molecular flexibility index (Phi) is 9.18. The third-order valence-electron chi connectivity index (χ3n) is 4.09. The van der Waals surface area contributed by atoms with Crippen LogP contribution in [0, 0.1) is 0 Å². The van der Waals surface area contributed by atoms with Gasteiger partial charge in [-0.2, -0.15) is 0 Å². The maximum Gasteiger partial charge on any atom is 0.175 e. The molecule has 0 amide bonds. The van der Waals surface area contributed by atoms with E-state index in [-0.39, 0.29) is 12.4 Å². The highest BCUT2D eigenvalue weighted by molar-refractivity contribution is 9.10. The van der Waals surface area contributed by atoms with Gasteiger partial charge >= 0.3 is 0 Å². The summed E-state index contributed by atoms with van der Waals surface area (Å²) in [6.45, 7) is 3.74. The van der Waals surface area contributed by atoms with E-state index in [1.165, 1.54) is 0 Å². The number of benzene rings is 2. The molecule has 2 aromatic rings. The van der Waals surface area contributed by atoms with E-state index in [9.17, 15) is 0 Å². The molecule has 6 nitrogen and oxygen atoms in total. The molecule has 1 N–H and O–H groups in total. The molecule has 0 saturated carbocycles. The first-order chi connectivity index (χ1) is 13.2. The highest BCUT2D eigenvalue weighted by Crippen LogP contribution is 2.38. The molecule has 0 fully saturated rings. The molecule has 0 atom stereocenters. The summed E-state index contributed by atoms with van der Waals surface area (Å²) < 4.78 is 28.6. The van der Waals surface area contributed by atoms with Gasteiger partial charge in [0.15, 0.2) is 23.0 Å². The van der Waals surface area contributed by atoms with Crippen LogP contribution in [0.3, 0.4) is 0 Å². The molecule has 0 aliphatic carbocycles. The molecule has 0 aromatic heterocycles. The van der Waals surface area contributed by atoms with Crippen LogP contribution in [-0.2, 0) is 17.9 Å². The summed E-state index contributed by atoms with van der Waals surface area (Å²) in [5.74, 6) is 2.89. The van der Waals surface area contributed by atoms with E-state index in [0.717, 1.165) is 40.2 Å². The van der Waals surface area contributed by atoms with Crippen LogP contribution >= 0.6 is 28.3 Å². The van der Waals surface area contributed by atoms with Gasteiger partial charge in [0.1, 0.15) is 19.8 Å². The molecule has 1 aliphatic heterocycles. The highest BCUT2D eigenvalue weighted by Gasteiger charge is 2.14. The Bertz CT molecular complexity index is 775. The molecule has 0 unspecified atom stereocenters. The number of hydrogen-bond donors (Lipinski definition) is 1. The van der Waals surface area contributed by atoms with Crippen molar-refractivity contribution >= 4 is 28.3 Å². The van der Waals surface area contributed by atoms with Crippen molar-refractivity contribution in [2.45, 2.75) is 13.2 Å². The van der Waals surface area contributed by atoms with E-state index in [4.69, 9.17) is 23.7 Å². The summed E-state index contributed by atoms with van der Waals surface area (Å²) in [6.07, 6.45) is 0. The van der Waals surface area contributed by atoms with Gasteiger partial charge in [0.2, 0.25) is 0 Å². The molecule has 0 saturated heterocycles. The standard InChI is InChI=1S/C20H24BrNO5.ClH/c1-23-6-5-22-12-15-9-16(21)20(19(11-15)24-2)27-13-14-3-4-17-18(10-14)26-8-7-25-17;/h3-4,9-11,22H,5-8,12-13H2,1-2H3;1H. The molecule has 0 bridgehead atoms. The van der Waals surface area contributed by atoms with Gasteiger partial charge in [-0.1, -0.05) is 6.07 Å². The Morgan fingerprint density at radius 1 is 1.04 bits per heavy atom. The van der Waals surface area contributed by atoms with Crippen LogP contribution in [0.1, 0.15) is 11.1 Å². The van der Waals surface area contributed by atoms with Crippen LogP contribution in [0.25, 0.3) is 0 Å². The number of methoxy groups -OCH3 is 2. The van der Waals surface area contributed by atoms with Gasteiger partial charge in [-0.05, 0) is 51.3 Å². The average molecular weight is 475 g/mol. The highest BCUT2D eigenvalue weighted by atomic mass is 79.9. The Labute approximate surface area is 180 Å². The maximum absolute atomic E-state index is 6.03. The third-order valence-corrected chi connectivity index (χ3v) is 4.68. The molecule has 1 aliphatic rings. The van der Waals surface area contributed by atoms with E-state index in [2.05, 4.69) is 21.2 Å². The average Bonchev–Trinajstić information content (AvgIpc) is 2.70. The SMILES string of the molecule is COCCNCc1cc(Br)c(OCc2ccc3c(c2)OCCO3)c(OC)c1.Cl. The molecule has 154 valence electrons. The Morgan fingerprint density at radius 2 is 1.82 bits per heavy atom. The van der Waals surface area contributed by atoms with Crippen LogP contribution < -0.4 is 24.3 Å². The zero-order valence-electron chi connectivity index (χ0n) is 16.0. The largest absolute Gasteiger partial charge is 0.493 e. The van der Waals surface area contributed by atoms with Gasteiger partial charge in [-0.25, -0.2) is 0 Å². The second-order valence-corrected chi connectivity index (χ2v) is 6.90. The summed E-state index contributed by atoms with van der Waals surface area (Å²) in [7, 11) is 3.33. The quantitative estimate of drug-likeness (QED) is 0.555. The Balaban J connectivity index is 0.00000280. The molecule has 0 spiro atoms. The van der Waals surface area contributed by atoms with Crippen LogP contribution in [0.4, 0.5) is 0 Å². The van der Waals surface area contributed by atoms with Crippen LogP contribution in [0.15, 0.2) is 34.8 Å². The van der Waals surface area contributed by atoms with Crippen molar-refractivity contribution in [2.75, 3.05) is 40.6 Å². The summed E-state index contributed by atoms with van der Waals surface area (Å²) in [6, 6.07) is 9.84. The fraction of sp³-hybridized carbons (Fsp3) is 0.400. The van der Waals surface area contributed by atoms with E-state index in [1.807, 2.05) is 30.3 Å². The molecular weight excluding hydrogens is 450 g/mol. The second kappa shape index (κ2) is 11.4. The lowest BCUT2D eigenvalue weighted by Gasteiger charge is -2.19. The normalized spacial score (nSPS) is 12.2. The number of nitrogens with one attached hydrogen (secondary N) is 1. The summed E-state index contributed by atoms with van der Waals surface area (Å²) >= 11 is 3.59. The Hall–Kier alpha value is -1.67. The lowest BCUT2D eigenvalue weighted by Crippen LogP contribution is -2.18. The smallest absolute Gasteiger partial charge is 0.175 e. The molecule has 0 radical (unpaired) electrons. The van der Waals surface area contributed by atoms with Crippen LogP contribution in [0.2, 0.25) is 0 Å². The zero-order chi connectivity index (χ0) is 19.1. The maximum atomic E-state index is 6.03.